The van der Waals surface area contributed by atoms with Gasteiger partial charge in [0.2, 0.25) is 0 Å². The van der Waals surface area contributed by atoms with Gasteiger partial charge in [0.1, 0.15) is 0 Å². The van der Waals surface area contributed by atoms with E-state index in [9.17, 15) is 4.79 Å². The van der Waals surface area contributed by atoms with E-state index in [1.807, 2.05) is 13.8 Å². The van der Waals surface area contributed by atoms with E-state index >= 15 is 0 Å². The monoisotopic (exact) mass is 293 g/mol. The second kappa shape index (κ2) is 6.48. The predicted molar refractivity (Wildman–Crippen MR) is 73.3 cm³/mol. The third kappa shape index (κ3) is 4.74. The number of halogens is 3. The van der Waals surface area contributed by atoms with Gasteiger partial charge in [0.25, 0.3) is 5.91 Å². The van der Waals surface area contributed by atoms with Gasteiger partial charge in [0.15, 0.2) is 0 Å². The summed E-state index contributed by atoms with van der Waals surface area (Å²) in [5, 5.41) is 3.53. The van der Waals surface area contributed by atoms with Gasteiger partial charge in [-0.25, -0.2) is 0 Å². The van der Waals surface area contributed by atoms with E-state index < -0.39 is 0 Å². The summed E-state index contributed by atoms with van der Waals surface area (Å²) in [5.74, 6) is 0.0839. The lowest BCUT2D eigenvalue weighted by Gasteiger charge is -2.14. The molecule has 0 aliphatic rings. The minimum Gasteiger partial charge on any atom is -0.351 e. The number of hydrogen-bond acceptors (Lipinski definition) is 1. The molecule has 1 amide bonds. The summed E-state index contributed by atoms with van der Waals surface area (Å²) in [4.78, 5) is 11.8. The Kier molecular flexibility index (Phi) is 5.57. The summed E-state index contributed by atoms with van der Waals surface area (Å²) in [7, 11) is 0. The van der Waals surface area contributed by atoms with E-state index in [1.165, 1.54) is 0 Å². The average molecular weight is 295 g/mol. The zero-order valence-electron chi connectivity index (χ0n) is 9.64. The van der Waals surface area contributed by atoms with Gasteiger partial charge in [0.05, 0.1) is 5.38 Å². The lowest BCUT2D eigenvalue weighted by molar-refractivity contribution is 0.0952. The fourth-order valence-electron chi connectivity index (χ4n) is 1.21. The lowest BCUT2D eigenvalue weighted by Crippen LogP contribution is -2.31. The van der Waals surface area contributed by atoms with Crippen LogP contribution in [0, 0.1) is 5.92 Å². The normalized spacial score (nSPS) is 12.6. The molecule has 17 heavy (non-hydrogen) atoms. The molecule has 1 rings (SSSR count). The minimum atomic E-state index is -0.222. The number of hydrogen-bond donors (Lipinski definition) is 1. The molecule has 1 atom stereocenters. The highest BCUT2D eigenvalue weighted by Gasteiger charge is 2.12. The number of amides is 1. The molecule has 0 saturated carbocycles. The molecule has 0 spiro atoms. The van der Waals surface area contributed by atoms with Gasteiger partial charge in [-0.2, -0.15) is 0 Å². The molecule has 1 aromatic rings. The Hall–Kier alpha value is -0.440. The summed E-state index contributed by atoms with van der Waals surface area (Å²) < 4.78 is 0. The standard InChI is InChI=1S/C12H14Cl3NO/c1-7(2)11(15)6-16-12(17)8-3-9(13)5-10(14)4-8/h3-5,7,11H,6H2,1-2H3,(H,16,17). The Morgan fingerprint density at radius 2 is 1.76 bits per heavy atom. The van der Waals surface area contributed by atoms with Crippen molar-refractivity contribution >= 4 is 40.7 Å². The number of carbonyl (C=O) groups excluding carboxylic acids is 1. The Bertz CT molecular complexity index is 386. The lowest BCUT2D eigenvalue weighted by atomic mass is 10.1. The third-order valence-electron chi connectivity index (χ3n) is 2.31. The predicted octanol–water partition coefficient (Wildman–Crippen LogP) is 3.99. The van der Waals surface area contributed by atoms with E-state index in [1.54, 1.807) is 18.2 Å². The van der Waals surface area contributed by atoms with Crippen molar-refractivity contribution in [3.63, 3.8) is 0 Å². The second-order valence-corrected chi connectivity index (χ2v) is 5.56. The van der Waals surface area contributed by atoms with E-state index in [0.29, 0.717) is 28.1 Å². The Balaban J connectivity index is 2.64. The molecule has 0 aliphatic heterocycles. The van der Waals surface area contributed by atoms with Crippen molar-refractivity contribution in [3.8, 4) is 0 Å². The van der Waals surface area contributed by atoms with Crippen molar-refractivity contribution in [3.05, 3.63) is 33.8 Å². The summed E-state index contributed by atoms with van der Waals surface area (Å²) in [6.45, 7) is 4.42. The molecule has 1 aromatic carbocycles. The van der Waals surface area contributed by atoms with Crippen molar-refractivity contribution < 1.29 is 4.79 Å². The van der Waals surface area contributed by atoms with Crippen LogP contribution in [-0.2, 0) is 0 Å². The molecule has 2 nitrogen and oxygen atoms in total. The van der Waals surface area contributed by atoms with E-state index in [0.717, 1.165) is 0 Å². The fourth-order valence-corrected chi connectivity index (χ4v) is 1.82. The maximum atomic E-state index is 11.8. The number of carbonyl (C=O) groups is 1. The zero-order valence-corrected chi connectivity index (χ0v) is 11.9. The molecule has 0 bridgehead atoms. The highest BCUT2D eigenvalue weighted by atomic mass is 35.5. The maximum absolute atomic E-state index is 11.8. The van der Waals surface area contributed by atoms with Crippen LogP contribution < -0.4 is 5.32 Å². The van der Waals surface area contributed by atoms with Crippen molar-refractivity contribution in [1.82, 2.24) is 5.32 Å². The minimum absolute atomic E-state index is 0.0893. The van der Waals surface area contributed by atoms with Crippen molar-refractivity contribution in [1.29, 1.82) is 0 Å². The summed E-state index contributed by atoms with van der Waals surface area (Å²) in [6.07, 6.45) is 0. The molecule has 1 unspecified atom stereocenters. The van der Waals surface area contributed by atoms with E-state index in [4.69, 9.17) is 34.8 Å². The fraction of sp³-hybridized carbons (Fsp3) is 0.417. The Labute approximate surface area is 116 Å². The molecule has 94 valence electrons. The summed E-state index contributed by atoms with van der Waals surface area (Å²) >= 11 is 17.7. The quantitative estimate of drug-likeness (QED) is 0.836. The van der Waals surface area contributed by atoms with Gasteiger partial charge >= 0.3 is 0 Å². The highest BCUT2D eigenvalue weighted by molar-refractivity contribution is 6.35. The van der Waals surface area contributed by atoms with Gasteiger partial charge in [-0.15, -0.1) is 11.6 Å². The molecule has 0 radical (unpaired) electrons. The first kappa shape index (κ1) is 14.6. The molecule has 0 saturated heterocycles. The van der Waals surface area contributed by atoms with Crippen molar-refractivity contribution in [2.45, 2.75) is 19.2 Å². The number of rotatable bonds is 4. The van der Waals surface area contributed by atoms with Crippen molar-refractivity contribution in [2.75, 3.05) is 6.54 Å². The van der Waals surface area contributed by atoms with Crippen LogP contribution in [0.3, 0.4) is 0 Å². The van der Waals surface area contributed by atoms with Crippen LogP contribution in [-0.4, -0.2) is 17.8 Å². The van der Waals surface area contributed by atoms with Crippen molar-refractivity contribution in [2.24, 2.45) is 5.92 Å². The number of alkyl halides is 1. The van der Waals surface area contributed by atoms with Crippen LogP contribution in [0.2, 0.25) is 10.0 Å². The molecular weight excluding hydrogens is 280 g/mol. The average Bonchev–Trinajstić information content (AvgIpc) is 2.23. The van der Waals surface area contributed by atoms with E-state index in [2.05, 4.69) is 5.32 Å². The SMILES string of the molecule is CC(C)C(Cl)CNC(=O)c1cc(Cl)cc(Cl)c1. The topological polar surface area (TPSA) is 29.1 Å². The molecule has 5 heteroatoms. The van der Waals surface area contributed by atoms with Crippen LogP contribution in [0.25, 0.3) is 0 Å². The first-order valence-electron chi connectivity index (χ1n) is 5.28. The van der Waals surface area contributed by atoms with Gasteiger partial charge in [0, 0.05) is 22.2 Å². The van der Waals surface area contributed by atoms with Gasteiger partial charge in [-0.3, -0.25) is 4.79 Å². The number of nitrogens with one attached hydrogen (secondary N) is 1. The second-order valence-electron chi connectivity index (χ2n) is 4.13. The molecule has 0 fully saturated rings. The first-order valence-corrected chi connectivity index (χ1v) is 6.47. The van der Waals surface area contributed by atoms with Crippen LogP contribution in [0.1, 0.15) is 24.2 Å². The molecular formula is C12H14Cl3NO. The summed E-state index contributed by atoms with van der Waals surface area (Å²) in [6, 6.07) is 4.72. The Morgan fingerprint density at radius 1 is 1.24 bits per heavy atom. The van der Waals surface area contributed by atoms with E-state index in [-0.39, 0.29) is 11.3 Å². The van der Waals surface area contributed by atoms with Gasteiger partial charge < -0.3 is 5.32 Å². The molecule has 0 heterocycles. The van der Waals surface area contributed by atoms with Crippen LogP contribution in [0.5, 0.6) is 0 Å². The van der Waals surface area contributed by atoms with Crippen LogP contribution in [0.15, 0.2) is 18.2 Å². The van der Waals surface area contributed by atoms with Crippen LogP contribution >= 0.6 is 34.8 Å². The maximum Gasteiger partial charge on any atom is 0.251 e. The smallest absolute Gasteiger partial charge is 0.251 e. The van der Waals surface area contributed by atoms with Gasteiger partial charge in [-0.05, 0) is 24.1 Å². The highest BCUT2D eigenvalue weighted by Crippen LogP contribution is 2.19. The number of benzene rings is 1. The molecule has 0 aliphatic carbocycles. The third-order valence-corrected chi connectivity index (χ3v) is 3.40. The van der Waals surface area contributed by atoms with Gasteiger partial charge in [-0.1, -0.05) is 37.0 Å². The van der Waals surface area contributed by atoms with Crippen LogP contribution in [0.4, 0.5) is 0 Å². The first-order chi connectivity index (χ1) is 7.90. The Morgan fingerprint density at radius 3 is 2.24 bits per heavy atom. The zero-order chi connectivity index (χ0) is 13.0. The molecule has 1 N–H and O–H groups in total. The molecule has 0 aromatic heterocycles. The largest absolute Gasteiger partial charge is 0.351 e. The summed E-state index contributed by atoms with van der Waals surface area (Å²) in [5.41, 5.74) is 0.440.